The molecule has 0 spiro atoms. The quantitative estimate of drug-likeness (QED) is 0.912. The van der Waals surface area contributed by atoms with Crippen molar-refractivity contribution in [1.82, 2.24) is 0 Å². The Balaban J connectivity index is 2.66. The van der Waals surface area contributed by atoms with E-state index in [2.05, 4.69) is 37.6 Å². The minimum Gasteiger partial charge on any atom is -0.496 e. The Hall–Kier alpha value is -1.32. The van der Waals surface area contributed by atoms with Crippen LogP contribution in [-0.2, 0) is 6.54 Å². The summed E-state index contributed by atoms with van der Waals surface area (Å²) in [4.78, 5) is 0. The summed E-state index contributed by atoms with van der Waals surface area (Å²) in [5.74, 6) is 0.987. The van der Waals surface area contributed by atoms with Crippen LogP contribution in [0.15, 0.2) is 16.8 Å². The Bertz CT molecular complexity index is 572. The monoisotopic (exact) mass is 261 g/mol. The molecular weight excluding hydrogens is 242 g/mol. The normalized spacial score (nSPS) is 10.7. The summed E-state index contributed by atoms with van der Waals surface area (Å²) in [6, 6.07) is 2.20. The molecule has 2 nitrogen and oxygen atoms in total. The van der Waals surface area contributed by atoms with Crippen LogP contribution in [0.1, 0.15) is 22.3 Å². The number of hydrogen-bond acceptors (Lipinski definition) is 3. The van der Waals surface area contributed by atoms with E-state index < -0.39 is 0 Å². The molecule has 0 unspecified atom stereocenters. The van der Waals surface area contributed by atoms with E-state index in [9.17, 15) is 0 Å². The minimum absolute atomic E-state index is 0.586. The topological polar surface area (TPSA) is 35.2 Å². The maximum atomic E-state index is 5.80. The molecule has 0 radical (unpaired) electrons. The first-order valence-corrected chi connectivity index (χ1v) is 6.94. The van der Waals surface area contributed by atoms with Gasteiger partial charge in [-0.2, -0.15) is 11.3 Å². The van der Waals surface area contributed by atoms with Crippen LogP contribution in [0.2, 0.25) is 0 Å². The van der Waals surface area contributed by atoms with Crippen LogP contribution in [0.3, 0.4) is 0 Å². The van der Waals surface area contributed by atoms with Gasteiger partial charge in [-0.1, -0.05) is 0 Å². The Morgan fingerprint density at radius 1 is 1.11 bits per heavy atom. The predicted octanol–water partition coefficient (Wildman–Crippen LogP) is 3.81. The first-order valence-electron chi connectivity index (χ1n) is 6.00. The van der Waals surface area contributed by atoms with Gasteiger partial charge in [-0.05, 0) is 71.0 Å². The van der Waals surface area contributed by atoms with E-state index in [-0.39, 0.29) is 0 Å². The summed E-state index contributed by atoms with van der Waals surface area (Å²) in [5.41, 5.74) is 13.2. The Morgan fingerprint density at radius 3 is 2.44 bits per heavy atom. The van der Waals surface area contributed by atoms with Gasteiger partial charge in [0.2, 0.25) is 0 Å². The van der Waals surface area contributed by atoms with Crippen LogP contribution in [0.5, 0.6) is 5.75 Å². The van der Waals surface area contributed by atoms with Crippen LogP contribution in [0, 0.1) is 20.8 Å². The highest BCUT2D eigenvalue weighted by atomic mass is 32.1. The molecule has 3 heteroatoms. The Labute approximate surface area is 112 Å². The third kappa shape index (κ3) is 2.04. The van der Waals surface area contributed by atoms with Crippen molar-refractivity contribution in [2.24, 2.45) is 5.73 Å². The average molecular weight is 261 g/mol. The highest BCUT2D eigenvalue weighted by Gasteiger charge is 2.14. The standard InChI is InChI=1S/C15H19NOS/c1-9-5-13(10(2)11(3)15(9)17-4)14-8-18-7-12(14)6-16/h5,7-8H,6,16H2,1-4H3. The zero-order chi connectivity index (χ0) is 13.3. The van der Waals surface area contributed by atoms with Gasteiger partial charge >= 0.3 is 0 Å². The molecule has 1 heterocycles. The lowest BCUT2D eigenvalue weighted by molar-refractivity contribution is 0.408. The average Bonchev–Trinajstić information content (AvgIpc) is 2.82. The first kappa shape index (κ1) is 13.1. The van der Waals surface area contributed by atoms with E-state index in [1.165, 1.54) is 33.4 Å². The van der Waals surface area contributed by atoms with E-state index in [4.69, 9.17) is 10.5 Å². The Morgan fingerprint density at radius 2 is 1.83 bits per heavy atom. The van der Waals surface area contributed by atoms with Crippen LogP contribution in [0.4, 0.5) is 0 Å². The lowest BCUT2D eigenvalue weighted by atomic mass is 9.93. The lowest BCUT2D eigenvalue weighted by Gasteiger charge is -2.16. The van der Waals surface area contributed by atoms with E-state index in [0.29, 0.717) is 6.54 Å². The summed E-state index contributed by atoms with van der Waals surface area (Å²) in [7, 11) is 1.73. The maximum absolute atomic E-state index is 5.80. The largest absolute Gasteiger partial charge is 0.496 e. The minimum atomic E-state index is 0.586. The molecule has 18 heavy (non-hydrogen) atoms. The highest BCUT2D eigenvalue weighted by Crippen LogP contribution is 2.36. The van der Waals surface area contributed by atoms with Gasteiger partial charge in [-0.25, -0.2) is 0 Å². The number of aryl methyl sites for hydroxylation is 1. The molecule has 0 amide bonds. The molecule has 1 aromatic carbocycles. The van der Waals surface area contributed by atoms with Gasteiger partial charge in [0.15, 0.2) is 0 Å². The van der Waals surface area contributed by atoms with Crippen molar-refractivity contribution in [3.8, 4) is 16.9 Å². The zero-order valence-corrected chi connectivity index (χ0v) is 12.1. The van der Waals surface area contributed by atoms with Crippen LogP contribution in [-0.4, -0.2) is 7.11 Å². The van der Waals surface area contributed by atoms with Crippen molar-refractivity contribution in [3.63, 3.8) is 0 Å². The summed E-state index contributed by atoms with van der Waals surface area (Å²) >= 11 is 1.70. The van der Waals surface area contributed by atoms with E-state index in [0.717, 1.165) is 5.75 Å². The number of thiophene rings is 1. The molecular formula is C15H19NOS. The molecule has 2 N–H and O–H groups in total. The summed E-state index contributed by atoms with van der Waals surface area (Å²) < 4.78 is 5.46. The van der Waals surface area contributed by atoms with Gasteiger partial charge in [0.1, 0.15) is 5.75 Å². The van der Waals surface area contributed by atoms with Crippen molar-refractivity contribution in [2.45, 2.75) is 27.3 Å². The number of nitrogens with two attached hydrogens (primary N) is 1. The number of ether oxygens (including phenoxy) is 1. The molecule has 0 bridgehead atoms. The molecule has 2 rings (SSSR count). The third-order valence-corrected chi connectivity index (χ3v) is 4.27. The lowest BCUT2D eigenvalue weighted by Crippen LogP contribution is -1.99. The second-order valence-electron chi connectivity index (χ2n) is 4.54. The summed E-state index contributed by atoms with van der Waals surface area (Å²) in [6.45, 7) is 6.93. The van der Waals surface area contributed by atoms with Crippen molar-refractivity contribution in [1.29, 1.82) is 0 Å². The van der Waals surface area contributed by atoms with Crippen LogP contribution >= 0.6 is 11.3 Å². The molecule has 0 atom stereocenters. The number of rotatable bonds is 3. The fourth-order valence-electron chi connectivity index (χ4n) is 2.37. The predicted molar refractivity (Wildman–Crippen MR) is 78.4 cm³/mol. The van der Waals surface area contributed by atoms with Crippen molar-refractivity contribution in [2.75, 3.05) is 7.11 Å². The first-order chi connectivity index (χ1) is 8.60. The van der Waals surface area contributed by atoms with Crippen LogP contribution < -0.4 is 10.5 Å². The van der Waals surface area contributed by atoms with Gasteiger partial charge < -0.3 is 10.5 Å². The molecule has 0 saturated heterocycles. The zero-order valence-electron chi connectivity index (χ0n) is 11.3. The SMILES string of the molecule is COc1c(C)cc(-c2cscc2CN)c(C)c1C. The molecule has 0 aliphatic rings. The van der Waals surface area contributed by atoms with Crippen LogP contribution in [0.25, 0.3) is 11.1 Å². The van der Waals surface area contributed by atoms with E-state index >= 15 is 0 Å². The molecule has 0 aliphatic heterocycles. The number of benzene rings is 1. The molecule has 96 valence electrons. The van der Waals surface area contributed by atoms with Gasteiger partial charge in [-0.15, -0.1) is 0 Å². The van der Waals surface area contributed by atoms with E-state index in [1.807, 2.05) is 0 Å². The molecule has 2 aromatic rings. The molecule has 1 aromatic heterocycles. The Kier molecular flexibility index (Phi) is 3.73. The van der Waals surface area contributed by atoms with E-state index in [1.54, 1.807) is 18.4 Å². The second-order valence-corrected chi connectivity index (χ2v) is 5.28. The summed E-state index contributed by atoms with van der Waals surface area (Å²) in [5, 5.41) is 4.31. The number of methoxy groups -OCH3 is 1. The second kappa shape index (κ2) is 5.12. The maximum Gasteiger partial charge on any atom is 0.124 e. The fraction of sp³-hybridized carbons (Fsp3) is 0.333. The third-order valence-electron chi connectivity index (χ3n) is 3.48. The van der Waals surface area contributed by atoms with Crippen molar-refractivity contribution in [3.05, 3.63) is 39.1 Å². The fourth-order valence-corrected chi connectivity index (χ4v) is 3.24. The summed E-state index contributed by atoms with van der Waals surface area (Å²) in [6.07, 6.45) is 0. The van der Waals surface area contributed by atoms with Gasteiger partial charge in [0.25, 0.3) is 0 Å². The number of hydrogen-bond donors (Lipinski definition) is 1. The van der Waals surface area contributed by atoms with Crippen molar-refractivity contribution >= 4 is 11.3 Å². The van der Waals surface area contributed by atoms with Gasteiger partial charge in [0, 0.05) is 6.54 Å². The molecule has 0 aliphatic carbocycles. The van der Waals surface area contributed by atoms with Gasteiger partial charge in [0.05, 0.1) is 7.11 Å². The molecule has 0 fully saturated rings. The van der Waals surface area contributed by atoms with Gasteiger partial charge in [-0.3, -0.25) is 0 Å². The highest BCUT2D eigenvalue weighted by molar-refractivity contribution is 7.08. The smallest absolute Gasteiger partial charge is 0.124 e. The van der Waals surface area contributed by atoms with Crippen molar-refractivity contribution < 1.29 is 4.74 Å². The molecule has 0 saturated carbocycles.